The number of halogens is 2. The first kappa shape index (κ1) is 14.9. The van der Waals surface area contributed by atoms with Crippen LogP contribution in [0.15, 0.2) is 0 Å². The highest BCUT2D eigenvalue weighted by Gasteiger charge is 2.43. The fourth-order valence-corrected chi connectivity index (χ4v) is 3.92. The van der Waals surface area contributed by atoms with Gasteiger partial charge in [-0.1, -0.05) is 43.4 Å². The summed E-state index contributed by atoms with van der Waals surface area (Å²) in [7, 11) is -1.80. The standard InChI is InChI=1S/C12H24FIOSi/c1-12(2,3)16(4,5)15-11-7-9(8-14)6-10(11)13/h9-11H,6-8H2,1-5H3/t9-,10+,11?/m1/s1. The van der Waals surface area contributed by atoms with Gasteiger partial charge in [0.05, 0.1) is 6.10 Å². The monoisotopic (exact) mass is 358 g/mol. The van der Waals surface area contributed by atoms with Crippen molar-refractivity contribution in [2.75, 3.05) is 4.43 Å². The Morgan fingerprint density at radius 1 is 1.31 bits per heavy atom. The van der Waals surface area contributed by atoms with Gasteiger partial charge in [0.25, 0.3) is 0 Å². The quantitative estimate of drug-likeness (QED) is 0.408. The van der Waals surface area contributed by atoms with Gasteiger partial charge in [-0.05, 0) is 36.9 Å². The van der Waals surface area contributed by atoms with Gasteiger partial charge in [0.15, 0.2) is 8.32 Å². The molecule has 1 rings (SSSR count). The summed E-state index contributed by atoms with van der Waals surface area (Å²) >= 11 is 2.35. The molecule has 1 aliphatic carbocycles. The Labute approximate surface area is 114 Å². The first-order valence-corrected chi connectivity index (χ1v) is 10.5. The molecule has 0 aromatic heterocycles. The third-order valence-corrected chi connectivity index (χ3v) is 9.75. The van der Waals surface area contributed by atoms with Crippen LogP contribution in [0.4, 0.5) is 4.39 Å². The molecule has 0 spiro atoms. The maximum Gasteiger partial charge on any atom is 0.192 e. The summed E-state index contributed by atoms with van der Waals surface area (Å²) in [5.74, 6) is 0.519. The Hall–Kier alpha value is 0.837. The molecule has 0 aromatic rings. The average molecular weight is 358 g/mol. The molecule has 96 valence electrons. The molecule has 1 fully saturated rings. The Bertz CT molecular complexity index is 240. The molecule has 1 unspecified atom stereocenters. The van der Waals surface area contributed by atoms with Crippen LogP contribution in [-0.2, 0) is 4.43 Å². The van der Waals surface area contributed by atoms with E-state index in [1.165, 1.54) is 0 Å². The van der Waals surface area contributed by atoms with Crippen LogP contribution in [0.2, 0.25) is 18.1 Å². The molecule has 0 aromatic carbocycles. The molecule has 0 bridgehead atoms. The molecule has 4 heteroatoms. The van der Waals surface area contributed by atoms with Gasteiger partial charge < -0.3 is 4.43 Å². The molecule has 0 radical (unpaired) electrons. The van der Waals surface area contributed by atoms with E-state index in [2.05, 4.69) is 56.5 Å². The van der Waals surface area contributed by atoms with Crippen LogP contribution in [-0.4, -0.2) is 25.0 Å². The lowest BCUT2D eigenvalue weighted by Gasteiger charge is -2.38. The predicted molar refractivity (Wildman–Crippen MR) is 78.6 cm³/mol. The predicted octanol–water partition coefficient (Wildman–Crippen LogP) is 4.56. The van der Waals surface area contributed by atoms with Crippen molar-refractivity contribution in [1.29, 1.82) is 0 Å². The van der Waals surface area contributed by atoms with E-state index < -0.39 is 14.5 Å². The van der Waals surface area contributed by atoms with E-state index in [1.54, 1.807) is 0 Å². The largest absolute Gasteiger partial charge is 0.411 e. The van der Waals surface area contributed by atoms with E-state index in [-0.39, 0.29) is 11.1 Å². The van der Waals surface area contributed by atoms with Gasteiger partial charge in [-0.15, -0.1) is 0 Å². The van der Waals surface area contributed by atoms with Crippen LogP contribution in [0.3, 0.4) is 0 Å². The molecule has 1 nitrogen and oxygen atoms in total. The van der Waals surface area contributed by atoms with Crippen molar-refractivity contribution in [2.24, 2.45) is 5.92 Å². The zero-order chi connectivity index (χ0) is 12.6. The molecule has 0 amide bonds. The second kappa shape index (κ2) is 5.22. The maximum absolute atomic E-state index is 13.8. The molecule has 1 aliphatic rings. The van der Waals surface area contributed by atoms with Gasteiger partial charge in [-0.3, -0.25) is 0 Å². The molecule has 0 heterocycles. The molecular weight excluding hydrogens is 334 g/mol. The van der Waals surface area contributed by atoms with Crippen molar-refractivity contribution >= 4 is 30.9 Å². The van der Waals surface area contributed by atoms with Crippen LogP contribution in [0.5, 0.6) is 0 Å². The van der Waals surface area contributed by atoms with Crippen LogP contribution in [0, 0.1) is 5.92 Å². The summed E-state index contributed by atoms with van der Waals surface area (Å²) < 4.78 is 21.1. The highest BCUT2D eigenvalue weighted by Crippen LogP contribution is 2.41. The Balaban J connectivity index is 2.61. The zero-order valence-corrected chi connectivity index (χ0v) is 14.2. The van der Waals surface area contributed by atoms with Crippen molar-refractivity contribution in [3.63, 3.8) is 0 Å². The summed E-state index contributed by atoms with van der Waals surface area (Å²) in [6, 6.07) is 0. The molecule has 3 atom stereocenters. The summed E-state index contributed by atoms with van der Waals surface area (Å²) in [5.41, 5.74) is 0. The van der Waals surface area contributed by atoms with Crippen molar-refractivity contribution in [3.8, 4) is 0 Å². The Morgan fingerprint density at radius 3 is 2.25 bits per heavy atom. The van der Waals surface area contributed by atoms with E-state index in [0.29, 0.717) is 12.3 Å². The van der Waals surface area contributed by atoms with E-state index in [9.17, 15) is 4.39 Å². The topological polar surface area (TPSA) is 9.23 Å². The minimum atomic E-state index is -1.80. The minimum absolute atomic E-state index is 0.138. The van der Waals surface area contributed by atoms with Crippen molar-refractivity contribution in [2.45, 2.75) is 64.0 Å². The second-order valence-electron chi connectivity index (χ2n) is 6.42. The zero-order valence-electron chi connectivity index (χ0n) is 11.0. The lowest BCUT2D eigenvalue weighted by Crippen LogP contribution is -2.45. The lowest BCUT2D eigenvalue weighted by atomic mass is 10.1. The van der Waals surface area contributed by atoms with Crippen molar-refractivity contribution in [3.05, 3.63) is 0 Å². The van der Waals surface area contributed by atoms with Crippen LogP contribution < -0.4 is 0 Å². The average Bonchev–Trinajstić information content (AvgIpc) is 2.44. The molecule has 0 saturated heterocycles. The van der Waals surface area contributed by atoms with Crippen molar-refractivity contribution in [1.82, 2.24) is 0 Å². The normalized spacial score (nSPS) is 32.1. The number of alkyl halides is 2. The minimum Gasteiger partial charge on any atom is -0.411 e. The molecule has 0 aliphatic heterocycles. The van der Waals surface area contributed by atoms with Crippen molar-refractivity contribution < 1.29 is 8.82 Å². The second-order valence-corrected chi connectivity index (χ2v) is 12.1. The molecular formula is C12H24FIOSi. The third kappa shape index (κ3) is 3.42. The van der Waals surface area contributed by atoms with Gasteiger partial charge >= 0.3 is 0 Å². The first-order valence-electron chi connectivity index (χ1n) is 6.05. The van der Waals surface area contributed by atoms with Gasteiger partial charge in [-0.25, -0.2) is 4.39 Å². The van der Waals surface area contributed by atoms with Gasteiger partial charge in [0.1, 0.15) is 6.17 Å². The summed E-state index contributed by atoms with van der Waals surface area (Å²) in [4.78, 5) is 0. The maximum atomic E-state index is 13.8. The Morgan fingerprint density at radius 2 is 1.88 bits per heavy atom. The molecule has 0 N–H and O–H groups in total. The highest BCUT2D eigenvalue weighted by molar-refractivity contribution is 14.1. The molecule has 16 heavy (non-hydrogen) atoms. The van der Waals surface area contributed by atoms with Gasteiger partial charge in [-0.2, -0.15) is 0 Å². The van der Waals surface area contributed by atoms with Crippen LogP contribution >= 0.6 is 22.6 Å². The summed E-state index contributed by atoms with van der Waals surface area (Å²) in [5, 5.41) is 0.176. The fraction of sp³-hybridized carbons (Fsp3) is 1.00. The van der Waals surface area contributed by atoms with Crippen LogP contribution in [0.25, 0.3) is 0 Å². The van der Waals surface area contributed by atoms with E-state index in [1.807, 2.05) is 0 Å². The number of hydrogen-bond donors (Lipinski definition) is 0. The first-order chi connectivity index (χ1) is 7.17. The third-order valence-electron chi connectivity index (χ3n) is 4.00. The molecule has 1 saturated carbocycles. The number of hydrogen-bond acceptors (Lipinski definition) is 1. The smallest absolute Gasteiger partial charge is 0.192 e. The van der Waals surface area contributed by atoms with E-state index >= 15 is 0 Å². The lowest BCUT2D eigenvalue weighted by molar-refractivity contribution is 0.111. The highest BCUT2D eigenvalue weighted by atomic mass is 127. The van der Waals surface area contributed by atoms with E-state index in [0.717, 1.165) is 10.8 Å². The van der Waals surface area contributed by atoms with E-state index in [4.69, 9.17) is 4.43 Å². The van der Waals surface area contributed by atoms with Gasteiger partial charge in [0.2, 0.25) is 0 Å². The summed E-state index contributed by atoms with van der Waals surface area (Å²) in [6.07, 6.45) is 0.730. The fourth-order valence-electron chi connectivity index (χ4n) is 1.85. The van der Waals surface area contributed by atoms with Gasteiger partial charge in [0, 0.05) is 4.43 Å². The van der Waals surface area contributed by atoms with Crippen LogP contribution in [0.1, 0.15) is 33.6 Å². The number of rotatable bonds is 3. The SMILES string of the molecule is CC(C)(C)[Si](C)(C)OC1C[C@H](CI)C[C@@H]1F. The summed E-state index contributed by atoms with van der Waals surface area (Å²) in [6.45, 7) is 11.0. The Kier molecular flexibility index (Phi) is 4.86.